The zero-order valence-corrected chi connectivity index (χ0v) is 54.1. The molecule has 0 fully saturated rings. The molecule has 0 aliphatic carbocycles. The minimum atomic E-state index is -1.77. The lowest BCUT2D eigenvalue weighted by molar-refractivity contribution is -0.176. The fourth-order valence-electron chi connectivity index (χ4n) is 8.59. The topological polar surface area (TPSA) is 244 Å². The first-order chi connectivity index (χ1) is 42.4. The van der Waals surface area contributed by atoms with Gasteiger partial charge in [-0.3, -0.25) is 9.59 Å². The van der Waals surface area contributed by atoms with Gasteiger partial charge in [-0.2, -0.15) is 0 Å². The van der Waals surface area contributed by atoms with Crippen LogP contribution in [0.5, 0.6) is 0 Å². The molecule has 0 rings (SSSR count). The van der Waals surface area contributed by atoms with E-state index in [1.807, 2.05) is 0 Å². The largest absolute Gasteiger partial charge is 0.463 e. The molecule has 0 aliphatic heterocycles. The summed E-state index contributed by atoms with van der Waals surface area (Å²) >= 11 is 0. The third kappa shape index (κ3) is 64.8. The van der Waals surface area contributed by atoms with Crippen molar-refractivity contribution in [3.63, 3.8) is 0 Å². The van der Waals surface area contributed by atoms with Crippen LogP contribution in [0.1, 0.15) is 194 Å². The molecule has 20 nitrogen and oxygen atoms in total. The summed E-state index contributed by atoms with van der Waals surface area (Å²) in [5, 5.41) is 41.4. The molecule has 0 heterocycles. The molecule has 0 saturated carbocycles. The monoisotopic (exact) mass is 1240 g/mol. The van der Waals surface area contributed by atoms with Crippen molar-refractivity contribution in [1.82, 2.24) is 0 Å². The summed E-state index contributed by atoms with van der Waals surface area (Å²) in [6.45, 7) is 13.2. The lowest BCUT2D eigenvalue weighted by Gasteiger charge is -2.29. The molecule has 4 atom stereocenters. The molecule has 0 aromatic heterocycles. The van der Waals surface area contributed by atoms with Gasteiger partial charge in [0, 0.05) is 12.8 Å². The Labute approximate surface area is 520 Å². The summed E-state index contributed by atoms with van der Waals surface area (Å²) in [6, 6.07) is 0. The highest BCUT2D eigenvalue weighted by Gasteiger charge is 2.35. The van der Waals surface area contributed by atoms with Gasteiger partial charge in [0.15, 0.2) is 6.10 Å². The van der Waals surface area contributed by atoms with E-state index in [0.717, 1.165) is 77.0 Å². The molecule has 0 aliphatic rings. The Hall–Kier alpha value is -2.22. The first kappa shape index (κ1) is 83.8. The van der Waals surface area contributed by atoms with Gasteiger partial charge in [0.25, 0.3) is 0 Å². The number of unbranched alkanes of at least 4 members (excludes halogenated alkanes) is 22. The fourth-order valence-corrected chi connectivity index (χ4v) is 8.59. The predicted octanol–water partition coefficient (Wildman–Crippen LogP) is 9.79. The smallest absolute Gasteiger partial charge is 0.306 e. The van der Waals surface area contributed by atoms with Crippen molar-refractivity contribution in [2.45, 2.75) is 218 Å². The Morgan fingerprint density at radius 3 is 0.895 bits per heavy atom. The van der Waals surface area contributed by atoms with E-state index in [0.29, 0.717) is 152 Å². The molecule has 0 spiro atoms. The Morgan fingerprint density at radius 1 is 0.314 bits per heavy atom. The van der Waals surface area contributed by atoms with Crippen LogP contribution in [0.2, 0.25) is 0 Å². The maximum atomic E-state index is 13.0. The van der Waals surface area contributed by atoms with Gasteiger partial charge in [0.2, 0.25) is 0 Å². The van der Waals surface area contributed by atoms with Crippen LogP contribution >= 0.6 is 0 Å². The lowest BCUT2D eigenvalue weighted by Crippen LogP contribution is -2.49. The van der Waals surface area contributed by atoms with Crippen LogP contribution in [-0.2, 0) is 75.9 Å². The average Bonchev–Trinajstić information content (AvgIpc) is 3.68. The number of carbonyl (C=O) groups is 2. The molecular formula is C66H126O20. The normalized spacial score (nSPS) is 13.3. The van der Waals surface area contributed by atoms with Crippen LogP contribution < -0.4 is 0 Å². The standard InChI is InChI=1S/C66H126O20/c1-3-5-7-9-11-13-15-17-19-21-23-25-27-29-31-33-63(69)85-59-61(68)65(71)66(72)62(86-64(70)34-32-30-28-26-24-22-20-18-16-14-12-10-8-6-4-2)60-84-58-57-83-56-55-82-54-53-81-52-51-80-50-49-79-48-47-78-46-45-77-44-43-76-42-41-75-40-39-74-38-37-73-36-35-67/h17-20,61-62,65-68,71-72H,3-16,21-60H2,1-2H3/b19-17-,20-18-/t61-,62+,65-,66-/m1/s1. The summed E-state index contributed by atoms with van der Waals surface area (Å²) in [4.78, 5) is 25.5. The van der Waals surface area contributed by atoms with Crippen LogP contribution in [0.3, 0.4) is 0 Å². The first-order valence-corrected chi connectivity index (χ1v) is 33.6. The van der Waals surface area contributed by atoms with Crippen molar-refractivity contribution in [2.75, 3.05) is 172 Å². The molecular weight excluding hydrogens is 1110 g/mol. The fraction of sp³-hybridized carbons (Fsp3) is 0.909. The van der Waals surface area contributed by atoms with E-state index in [4.69, 9.17) is 71.4 Å². The number of hydrogen-bond donors (Lipinski definition) is 4. The highest BCUT2D eigenvalue weighted by molar-refractivity contribution is 5.69. The van der Waals surface area contributed by atoms with E-state index in [-0.39, 0.29) is 39.3 Å². The van der Waals surface area contributed by atoms with Crippen molar-refractivity contribution in [3.8, 4) is 0 Å². The SMILES string of the molecule is CCCCCCCC/C=C\CCCCCCCC(=O)OC[C@@H](O)[C@@H](O)[C@H](O)[C@H](COCCOCCOCCOCCOCCOCCOCCOCCOCCOCCOCCOCCO)OC(=O)CCCCCCC/C=C\CCCCCCCC. The van der Waals surface area contributed by atoms with Crippen LogP contribution in [0.25, 0.3) is 0 Å². The highest BCUT2D eigenvalue weighted by atomic mass is 16.6. The quantitative estimate of drug-likeness (QED) is 0.0251. The maximum Gasteiger partial charge on any atom is 0.306 e. The van der Waals surface area contributed by atoms with Crippen molar-refractivity contribution < 1.29 is 96.3 Å². The number of aliphatic hydroxyl groups is 4. The molecule has 510 valence electrons. The minimum Gasteiger partial charge on any atom is -0.463 e. The van der Waals surface area contributed by atoms with Gasteiger partial charge in [-0.25, -0.2) is 0 Å². The molecule has 86 heavy (non-hydrogen) atoms. The number of allylic oxidation sites excluding steroid dienone is 4. The number of hydrogen-bond acceptors (Lipinski definition) is 20. The van der Waals surface area contributed by atoms with Gasteiger partial charge in [-0.05, 0) is 64.2 Å². The lowest BCUT2D eigenvalue weighted by atomic mass is 10.0. The summed E-state index contributed by atoms with van der Waals surface area (Å²) in [7, 11) is 0. The summed E-state index contributed by atoms with van der Waals surface area (Å²) < 4.78 is 76.8. The van der Waals surface area contributed by atoms with Crippen molar-refractivity contribution in [3.05, 3.63) is 24.3 Å². The van der Waals surface area contributed by atoms with E-state index in [2.05, 4.69) is 38.2 Å². The Bertz CT molecular complexity index is 1410. The zero-order chi connectivity index (χ0) is 62.4. The number of carbonyl (C=O) groups excluding carboxylic acids is 2. The van der Waals surface area contributed by atoms with Crippen LogP contribution in [-0.4, -0.2) is 229 Å². The number of ether oxygens (including phenoxy) is 14. The summed E-state index contributed by atoms with van der Waals surface area (Å²) in [6.07, 6.45) is 32.8. The molecule has 0 bridgehead atoms. The van der Waals surface area contributed by atoms with Gasteiger partial charge < -0.3 is 86.7 Å². The maximum absolute atomic E-state index is 13.0. The molecule has 0 aromatic carbocycles. The Kier molecular flexibility index (Phi) is 70.0. The zero-order valence-electron chi connectivity index (χ0n) is 54.1. The highest BCUT2D eigenvalue weighted by Crippen LogP contribution is 2.16. The molecule has 0 unspecified atom stereocenters. The second-order valence-corrected chi connectivity index (χ2v) is 21.5. The van der Waals surface area contributed by atoms with E-state index in [9.17, 15) is 24.9 Å². The number of rotatable bonds is 73. The molecule has 0 radical (unpaired) electrons. The number of aliphatic hydroxyl groups excluding tert-OH is 4. The minimum absolute atomic E-state index is 0.00996. The molecule has 0 amide bonds. The molecule has 0 aromatic rings. The first-order valence-electron chi connectivity index (χ1n) is 33.6. The third-order valence-corrected chi connectivity index (χ3v) is 13.7. The third-order valence-electron chi connectivity index (χ3n) is 13.7. The summed E-state index contributed by atoms with van der Waals surface area (Å²) in [5.74, 6) is -1.02. The van der Waals surface area contributed by atoms with Crippen molar-refractivity contribution in [2.24, 2.45) is 0 Å². The molecule has 4 N–H and O–H groups in total. The van der Waals surface area contributed by atoms with Gasteiger partial charge >= 0.3 is 11.9 Å². The number of esters is 2. The predicted molar refractivity (Wildman–Crippen MR) is 335 cm³/mol. The van der Waals surface area contributed by atoms with E-state index in [1.165, 1.54) is 77.0 Å². The Balaban J connectivity index is 4.27. The van der Waals surface area contributed by atoms with Gasteiger partial charge in [-0.1, -0.05) is 141 Å². The molecule has 20 heteroatoms. The second kappa shape index (κ2) is 71.9. The van der Waals surface area contributed by atoms with Crippen molar-refractivity contribution >= 4 is 11.9 Å². The van der Waals surface area contributed by atoms with Gasteiger partial charge in [0.05, 0.1) is 165 Å². The van der Waals surface area contributed by atoms with E-state index >= 15 is 0 Å². The summed E-state index contributed by atoms with van der Waals surface area (Å²) in [5.41, 5.74) is 0. The van der Waals surface area contributed by atoms with Crippen molar-refractivity contribution in [1.29, 1.82) is 0 Å². The average molecular weight is 1240 g/mol. The molecule has 0 saturated heterocycles. The van der Waals surface area contributed by atoms with Crippen LogP contribution in [0, 0.1) is 0 Å². The second-order valence-electron chi connectivity index (χ2n) is 21.5. The Morgan fingerprint density at radius 2 is 0.581 bits per heavy atom. The van der Waals surface area contributed by atoms with Crippen LogP contribution in [0.15, 0.2) is 24.3 Å². The van der Waals surface area contributed by atoms with Gasteiger partial charge in [0.1, 0.15) is 24.9 Å². The van der Waals surface area contributed by atoms with Gasteiger partial charge in [-0.15, -0.1) is 0 Å². The van der Waals surface area contributed by atoms with Crippen LogP contribution in [0.4, 0.5) is 0 Å². The van der Waals surface area contributed by atoms with E-state index < -0.39 is 43.0 Å². The van der Waals surface area contributed by atoms with E-state index in [1.54, 1.807) is 0 Å².